The zero-order valence-electron chi connectivity index (χ0n) is 50.9. The van der Waals surface area contributed by atoms with E-state index in [4.69, 9.17) is 38.4 Å². The first-order valence-electron chi connectivity index (χ1n) is 29.9. The maximum absolute atomic E-state index is 14.0. The zero-order valence-corrected chi connectivity index (χ0v) is 53.7. The van der Waals surface area contributed by atoms with Crippen LogP contribution in [0.4, 0.5) is 27.2 Å². The van der Waals surface area contributed by atoms with Gasteiger partial charge in [0.15, 0.2) is 11.5 Å². The molecule has 22 nitrogen and oxygen atoms in total. The van der Waals surface area contributed by atoms with Gasteiger partial charge < -0.3 is 67.9 Å². The number of carbonyl (C=O) groups excluding carboxylic acids is 6. The molecule has 2 aromatic carbocycles. The Morgan fingerprint density at radius 3 is 1.47 bits per heavy atom. The molecule has 12 atom stereocenters. The van der Waals surface area contributed by atoms with Crippen molar-refractivity contribution in [2.45, 2.75) is 200 Å². The number of halogens is 4. The number of fused-ring (bicyclic) bond motifs is 14. The van der Waals surface area contributed by atoms with Gasteiger partial charge in [0.2, 0.25) is 35.1 Å². The molecule has 12 rings (SSSR count). The van der Waals surface area contributed by atoms with Gasteiger partial charge in [0, 0.05) is 43.0 Å². The quantitative estimate of drug-likeness (QED) is 0.140. The fourth-order valence-electron chi connectivity index (χ4n) is 12.5. The van der Waals surface area contributed by atoms with E-state index in [2.05, 4.69) is 30.1 Å². The fourth-order valence-corrected chi connectivity index (χ4v) is 12.5. The second kappa shape index (κ2) is 25.4. The van der Waals surface area contributed by atoms with E-state index in [1.807, 2.05) is 61.0 Å². The Morgan fingerprint density at radius 1 is 0.573 bits per heavy atom. The molecule has 28 heteroatoms. The second-order valence-corrected chi connectivity index (χ2v) is 26.6. The number of alkyl halides is 4. The van der Waals surface area contributed by atoms with Crippen molar-refractivity contribution in [3.63, 3.8) is 0 Å². The van der Waals surface area contributed by atoms with Gasteiger partial charge in [-0.1, -0.05) is 93.2 Å². The number of hydrogen-bond donors (Lipinski definition) is 2. The molecule has 6 aliphatic heterocycles. The molecule has 4 fully saturated rings. The summed E-state index contributed by atoms with van der Waals surface area (Å²) in [6.45, 7) is 16.4. The van der Waals surface area contributed by atoms with E-state index in [0.29, 0.717) is 35.3 Å². The van der Waals surface area contributed by atoms with Crippen LogP contribution < -0.4 is 39.1 Å². The third-order valence-electron chi connectivity index (χ3n) is 17.9. The van der Waals surface area contributed by atoms with Crippen molar-refractivity contribution in [2.75, 3.05) is 13.1 Å². The molecule has 480 valence electrons. The summed E-state index contributed by atoms with van der Waals surface area (Å²) in [6, 6.07) is 1.95. The number of rotatable bonds is 2. The molecule has 2 aliphatic carbocycles. The largest absolute Gasteiger partial charge is 0.586 e. The van der Waals surface area contributed by atoms with Crippen LogP contribution in [0.1, 0.15) is 138 Å². The molecule has 89 heavy (non-hydrogen) atoms. The first kappa shape index (κ1) is 67.0. The molecule has 0 spiro atoms. The number of aromatic nitrogens is 4. The third-order valence-corrected chi connectivity index (χ3v) is 17.9. The van der Waals surface area contributed by atoms with Crippen LogP contribution in [0.5, 0.6) is 34.8 Å². The predicted octanol–water partition coefficient (Wildman–Crippen LogP) is 8.99. The minimum atomic E-state index is -3.84. The fraction of sp³-hybridized carbons (Fsp3) is 0.639. The van der Waals surface area contributed by atoms with Crippen molar-refractivity contribution in [1.29, 1.82) is 0 Å². The number of carbonyl (C=O) groups is 4. The van der Waals surface area contributed by atoms with Gasteiger partial charge in [-0.2, -0.15) is 0 Å². The van der Waals surface area contributed by atoms with E-state index in [0.717, 1.165) is 64.2 Å². The molecule has 4 amide bonds. The number of hydrogen-bond acceptors (Lipinski definition) is 18. The first-order chi connectivity index (χ1) is 41.0. The molecule has 8 aliphatic rings. The Balaban J connectivity index is 0.000000207. The molecule has 2 saturated heterocycles. The molecule has 4 bridgehead atoms. The maximum atomic E-state index is 14.0. The van der Waals surface area contributed by atoms with Gasteiger partial charge in [-0.25, -0.2) is 42.1 Å². The van der Waals surface area contributed by atoms with Crippen LogP contribution in [-0.4, -0.2) is 140 Å². The van der Waals surface area contributed by atoms with Gasteiger partial charge in [0.1, 0.15) is 58.4 Å². The van der Waals surface area contributed by atoms with Crippen LogP contribution in [0, 0.1) is 34.5 Å². The first-order valence-corrected chi connectivity index (χ1v) is 29.9. The molecule has 2 N–H and O–H groups in total. The van der Waals surface area contributed by atoms with E-state index in [1.54, 1.807) is 26.0 Å². The number of aryl methyl sites for hydroxylation is 2. The standard InChI is InChI=1S/C31H37F2N4O7.C30H35F2N4O7.2V/c1-16-20(15-38)37-14-22(16)41-26-19(34-18-11-12-21-24(23(18)35-26)43-31(32,33)42-21)10-8-6-7-9-17-13-30(17,5)44-28(40)36-25(27(37)39)29(2,3)4;1-15-19(14-37)36-13-22(15)40-26-18(33-17-10-11-20-24(23(17)34-26)43-30(31,32)42-20)9-7-5-6-8-16-12-21(16)41-28(39)35-25(27(36)38)29(2,3)4;;/h11-12,16-17,20,22,25H,6-10,13-14H2,1-5H3,(H,36,40);10-11,15-16,19,21-22,25H,5-9,12-13H2,1-4H3,(H,35,39);;/q2*-1;;/t16-,17+,20+,22-,25+,30+;15-,16+,19+,21+,22-,25+;;/m00../s1. The second-order valence-electron chi connectivity index (χ2n) is 26.6. The van der Waals surface area contributed by atoms with Crippen LogP contribution in [0.25, 0.3) is 22.1 Å². The zero-order chi connectivity index (χ0) is 62.3. The summed E-state index contributed by atoms with van der Waals surface area (Å²) in [4.78, 5) is 99.5. The number of alkyl carbamates (subject to hydrolysis) is 2. The Labute approximate surface area is 535 Å². The van der Waals surface area contributed by atoms with Gasteiger partial charge in [0.25, 0.3) is 0 Å². The van der Waals surface area contributed by atoms with Gasteiger partial charge in [-0.15, -0.1) is 17.6 Å². The topological polar surface area (TPSA) is 258 Å². The minimum Gasteiger partial charge on any atom is -0.540 e. The summed E-state index contributed by atoms with van der Waals surface area (Å²) >= 11 is 0. The van der Waals surface area contributed by atoms with Crippen molar-refractivity contribution in [1.82, 2.24) is 40.4 Å². The van der Waals surface area contributed by atoms with Crippen molar-refractivity contribution in [3.05, 3.63) is 35.7 Å². The summed E-state index contributed by atoms with van der Waals surface area (Å²) < 4.78 is 98.6. The SMILES string of the molecule is C[C@@H]1[C@@H]2CN(C(=O)[C@H](C(C)(C)C)NC(=O)O[C@@H]3C[C@H]3CCCCCc3nc4ccc5c(c4nc3O2)OC(F)(F)O5)[C@@H]1[C-]=O.C[C@@H]1[C@@H]2CN(C(=O)[C@H](C(C)(C)C)NC(=O)O[C@]3(C)C[C@H]3CCCCCc3nc4ccc5c(c4nc3O2)OC(F)(F)O5)[C@@H]1[C-]=O.[V].[V]. The van der Waals surface area contributed by atoms with E-state index < -0.39 is 101 Å². The Kier molecular flexibility index (Phi) is 19.1. The minimum absolute atomic E-state index is 0. The van der Waals surface area contributed by atoms with Crippen LogP contribution in [0.3, 0.4) is 0 Å². The average Bonchev–Trinajstić information content (AvgIpc) is 1.88. The summed E-state index contributed by atoms with van der Waals surface area (Å²) in [5.41, 5.74) is -0.122. The van der Waals surface area contributed by atoms with Gasteiger partial charge >= 0.3 is 24.8 Å². The smallest absolute Gasteiger partial charge is 0.540 e. The summed E-state index contributed by atoms with van der Waals surface area (Å²) in [5, 5.41) is 5.51. The van der Waals surface area contributed by atoms with E-state index in [1.165, 1.54) is 21.9 Å². The van der Waals surface area contributed by atoms with Gasteiger partial charge in [-0.05, 0) is 111 Å². The summed E-state index contributed by atoms with van der Waals surface area (Å²) in [7, 11) is 0. The van der Waals surface area contributed by atoms with Crippen molar-refractivity contribution >= 4 is 58.6 Å². The molecule has 0 unspecified atom stereocenters. The molecule has 2 radical (unpaired) electrons. The van der Waals surface area contributed by atoms with Crippen LogP contribution in [0.2, 0.25) is 0 Å². The average molecular weight is 1320 g/mol. The molecular formula is C61H72F4N8O14V2-2. The molecule has 2 saturated carbocycles. The Morgan fingerprint density at radius 2 is 1.02 bits per heavy atom. The van der Waals surface area contributed by atoms with Gasteiger partial charge in [-0.3, -0.25) is 9.59 Å². The van der Waals surface area contributed by atoms with Crippen LogP contribution >= 0.6 is 0 Å². The van der Waals surface area contributed by atoms with Crippen LogP contribution in [-0.2, 0) is 78.6 Å². The van der Waals surface area contributed by atoms with E-state index >= 15 is 0 Å². The monoisotopic (exact) mass is 1320 g/mol. The number of nitrogens with zero attached hydrogens (tertiary/aromatic N) is 6. The van der Waals surface area contributed by atoms with Crippen LogP contribution in [0.15, 0.2) is 24.3 Å². The summed E-state index contributed by atoms with van der Waals surface area (Å²) in [6.07, 6.45) is 2.78. The van der Waals surface area contributed by atoms with Crippen molar-refractivity contribution in [3.8, 4) is 34.8 Å². The van der Waals surface area contributed by atoms with Crippen molar-refractivity contribution < 1.29 is 121 Å². The normalized spacial score (nSPS) is 30.6. The number of nitrogens with one attached hydrogen (secondary N) is 2. The predicted molar refractivity (Wildman–Crippen MR) is 300 cm³/mol. The Hall–Kier alpha value is -6.37. The molecular weight excluding hydrogens is 1250 g/mol. The third kappa shape index (κ3) is 14.1. The van der Waals surface area contributed by atoms with E-state index in [-0.39, 0.29) is 114 Å². The van der Waals surface area contributed by atoms with Gasteiger partial charge in [0.05, 0.1) is 24.1 Å². The molecule has 2 aromatic heterocycles. The maximum Gasteiger partial charge on any atom is 0.586 e. The van der Waals surface area contributed by atoms with Crippen molar-refractivity contribution in [2.24, 2.45) is 34.5 Å². The Bertz CT molecular complexity index is 3400. The molecule has 4 aromatic rings. The number of amides is 4. The number of ether oxygens (including phenoxy) is 8. The summed E-state index contributed by atoms with van der Waals surface area (Å²) in [5.74, 6) is -2.01. The molecule has 8 heterocycles. The van der Waals surface area contributed by atoms with E-state index in [9.17, 15) is 46.3 Å². The number of benzene rings is 2.